The molecule has 0 aromatic heterocycles. The van der Waals surface area contributed by atoms with E-state index in [1.165, 1.54) is 19.1 Å². The number of carbonyl (C=O) groups is 2. The molecule has 0 unspecified atom stereocenters. The summed E-state index contributed by atoms with van der Waals surface area (Å²) in [6.07, 6.45) is -0.102. The molecule has 3 N–H and O–H groups in total. The molecule has 138 valence electrons. The van der Waals surface area contributed by atoms with Crippen molar-refractivity contribution in [1.29, 1.82) is 0 Å². The monoisotopic (exact) mass is 353 g/mol. The van der Waals surface area contributed by atoms with E-state index in [1.54, 1.807) is 0 Å². The lowest BCUT2D eigenvalue weighted by atomic mass is 10.0. The number of nitro groups is 1. The highest BCUT2D eigenvalue weighted by Crippen LogP contribution is 2.29. The highest BCUT2D eigenvalue weighted by molar-refractivity contribution is 5.99. The second-order valence-corrected chi connectivity index (χ2v) is 6.42. The largest absolute Gasteiger partial charge is 0.493 e. The number of ether oxygens (including phenoxy) is 2. The number of nitrogens with one attached hydrogen (secondary N) is 1. The Kier molecular flexibility index (Phi) is 6.72. The van der Waals surface area contributed by atoms with Crippen LogP contribution in [-0.4, -0.2) is 35.7 Å². The van der Waals surface area contributed by atoms with Crippen molar-refractivity contribution in [1.82, 2.24) is 5.32 Å². The zero-order chi connectivity index (χ0) is 19.2. The maximum Gasteiger partial charge on any atom is 0.407 e. The van der Waals surface area contributed by atoms with E-state index < -0.39 is 16.9 Å². The Balaban J connectivity index is 2.59. The first-order chi connectivity index (χ1) is 11.5. The van der Waals surface area contributed by atoms with E-state index in [2.05, 4.69) is 5.32 Å². The van der Waals surface area contributed by atoms with Gasteiger partial charge >= 0.3 is 6.09 Å². The predicted molar refractivity (Wildman–Crippen MR) is 90.7 cm³/mol. The number of amides is 2. The molecule has 1 aromatic carbocycles. The summed E-state index contributed by atoms with van der Waals surface area (Å²) >= 11 is 0. The summed E-state index contributed by atoms with van der Waals surface area (Å²) < 4.78 is 10.5. The number of nitro benzene ring substituents is 1. The summed E-state index contributed by atoms with van der Waals surface area (Å²) in [5.74, 6) is -0.574. The molecular formula is C16H23N3O6. The Morgan fingerprint density at radius 1 is 1.28 bits per heavy atom. The fourth-order valence-electron chi connectivity index (χ4n) is 2.05. The first-order valence-corrected chi connectivity index (χ1v) is 7.68. The summed E-state index contributed by atoms with van der Waals surface area (Å²) in [7, 11) is 0. The summed E-state index contributed by atoms with van der Waals surface area (Å²) in [5, 5.41) is 13.6. The molecule has 0 atom stereocenters. The maximum absolute atomic E-state index is 11.5. The molecule has 0 aliphatic heterocycles. The Bertz CT molecular complexity index is 667. The van der Waals surface area contributed by atoms with Crippen LogP contribution in [0.25, 0.3) is 0 Å². The Morgan fingerprint density at radius 2 is 1.92 bits per heavy atom. The Labute approximate surface area is 145 Å². The number of primary amides is 1. The first-order valence-electron chi connectivity index (χ1n) is 7.68. The fraction of sp³-hybridized carbons (Fsp3) is 0.500. The van der Waals surface area contributed by atoms with Crippen molar-refractivity contribution >= 4 is 17.7 Å². The van der Waals surface area contributed by atoms with Gasteiger partial charge in [-0.05, 0) is 33.8 Å². The second-order valence-electron chi connectivity index (χ2n) is 6.42. The molecule has 1 rings (SSSR count). The Hall–Kier alpha value is -2.84. The van der Waals surface area contributed by atoms with E-state index in [0.29, 0.717) is 17.7 Å². The number of hydrogen-bond donors (Lipinski definition) is 2. The number of hydrogen-bond acceptors (Lipinski definition) is 6. The van der Waals surface area contributed by atoms with Crippen molar-refractivity contribution in [2.75, 3.05) is 13.2 Å². The predicted octanol–water partition coefficient (Wildman–Crippen LogP) is 2.30. The molecule has 1 aromatic rings. The van der Waals surface area contributed by atoms with Crippen LogP contribution in [0.4, 0.5) is 10.5 Å². The quantitative estimate of drug-likeness (QED) is 0.439. The van der Waals surface area contributed by atoms with Crippen LogP contribution < -0.4 is 15.8 Å². The molecular weight excluding hydrogens is 330 g/mol. The lowest BCUT2D eigenvalue weighted by Crippen LogP contribution is -2.41. The van der Waals surface area contributed by atoms with Crippen molar-refractivity contribution in [3.05, 3.63) is 33.4 Å². The molecule has 0 radical (unpaired) electrons. The normalized spacial score (nSPS) is 10.9. The maximum atomic E-state index is 11.5. The number of alkyl carbamates (subject to hydrolysis) is 1. The standard InChI is InChI=1S/C16H23N3O6/c1-10-12(7-6-11(19(22)23)13(10)14(17)20)24-8-5-9-25-15(21)18-16(2,3)4/h6-7H,5,8-9H2,1-4H3,(H2,17,20)(H,18,21). The van der Waals surface area contributed by atoms with Crippen LogP contribution in [-0.2, 0) is 4.74 Å². The minimum Gasteiger partial charge on any atom is -0.493 e. The van der Waals surface area contributed by atoms with Gasteiger partial charge in [0, 0.05) is 23.6 Å². The van der Waals surface area contributed by atoms with Crippen LogP contribution in [0, 0.1) is 17.0 Å². The van der Waals surface area contributed by atoms with Gasteiger partial charge in [0.2, 0.25) is 0 Å². The van der Waals surface area contributed by atoms with Crippen molar-refractivity contribution in [3.8, 4) is 5.75 Å². The van der Waals surface area contributed by atoms with Gasteiger partial charge in [-0.2, -0.15) is 0 Å². The number of benzene rings is 1. The van der Waals surface area contributed by atoms with Crippen LogP contribution in [0.15, 0.2) is 12.1 Å². The minimum atomic E-state index is -0.892. The van der Waals surface area contributed by atoms with Gasteiger partial charge in [-0.3, -0.25) is 14.9 Å². The molecule has 25 heavy (non-hydrogen) atoms. The van der Waals surface area contributed by atoms with Crippen LogP contribution in [0.1, 0.15) is 43.1 Å². The molecule has 0 saturated carbocycles. The van der Waals surface area contributed by atoms with Crippen LogP contribution >= 0.6 is 0 Å². The molecule has 0 bridgehead atoms. The van der Waals surface area contributed by atoms with Gasteiger partial charge in [-0.1, -0.05) is 0 Å². The minimum absolute atomic E-state index is 0.149. The lowest BCUT2D eigenvalue weighted by molar-refractivity contribution is -0.385. The molecule has 0 saturated heterocycles. The van der Waals surface area contributed by atoms with E-state index in [4.69, 9.17) is 15.2 Å². The van der Waals surface area contributed by atoms with Gasteiger partial charge in [-0.25, -0.2) is 4.79 Å². The molecule has 9 nitrogen and oxygen atoms in total. The third kappa shape index (κ3) is 6.28. The van der Waals surface area contributed by atoms with Crippen molar-refractivity contribution in [3.63, 3.8) is 0 Å². The van der Waals surface area contributed by atoms with Gasteiger partial charge in [0.05, 0.1) is 18.1 Å². The van der Waals surface area contributed by atoms with Gasteiger partial charge < -0.3 is 20.5 Å². The third-order valence-electron chi connectivity index (χ3n) is 3.09. The van der Waals surface area contributed by atoms with Crippen LogP contribution in [0.2, 0.25) is 0 Å². The summed E-state index contributed by atoms with van der Waals surface area (Å²) in [6, 6.07) is 2.59. The summed E-state index contributed by atoms with van der Waals surface area (Å²) in [5.41, 5.74) is 4.60. The van der Waals surface area contributed by atoms with Gasteiger partial charge in [0.1, 0.15) is 11.3 Å². The smallest absolute Gasteiger partial charge is 0.407 e. The molecule has 0 aliphatic carbocycles. The third-order valence-corrected chi connectivity index (χ3v) is 3.09. The van der Waals surface area contributed by atoms with E-state index in [1.807, 2.05) is 20.8 Å². The van der Waals surface area contributed by atoms with Crippen molar-refractivity contribution < 1.29 is 24.0 Å². The van der Waals surface area contributed by atoms with Crippen molar-refractivity contribution in [2.45, 2.75) is 39.7 Å². The summed E-state index contributed by atoms with van der Waals surface area (Å²) in [4.78, 5) is 33.2. The summed E-state index contributed by atoms with van der Waals surface area (Å²) in [6.45, 7) is 7.40. The zero-order valence-corrected chi connectivity index (χ0v) is 14.8. The van der Waals surface area contributed by atoms with Crippen molar-refractivity contribution in [2.24, 2.45) is 5.73 Å². The number of rotatable bonds is 7. The second kappa shape index (κ2) is 8.32. The fourth-order valence-corrected chi connectivity index (χ4v) is 2.05. The topological polar surface area (TPSA) is 134 Å². The van der Waals surface area contributed by atoms with Gasteiger partial charge in [-0.15, -0.1) is 0 Å². The Morgan fingerprint density at radius 3 is 2.44 bits per heavy atom. The highest BCUT2D eigenvalue weighted by atomic mass is 16.6. The van der Waals surface area contributed by atoms with Crippen LogP contribution in [0.5, 0.6) is 5.75 Å². The SMILES string of the molecule is Cc1c(OCCCOC(=O)NC(C)(C)C)ccc([N+](=O)[O-])c1C(N)=O. The molecule has 0 fully saturated rings. The molecule has 9 heteroatoms. The molecule has 2 amide bonds. The molecule has 0 heterocycles. The molecule has 0 spiro atoms. The first kappa shape index (κ1) is 20.2. The lowest BCUT2D eigenvalue weighted by Gasteiger charge is -2.20. The van der Waals surface area contributed by atoms with Crippen LogP contribution in [0.3, 0.4) is 0 Å². The van der Waals surface area contributed by atoms with Gasteiger partial charge in [0.25, 0.3) is 11.6 Å². The van der Waals surface area contributed by atoms with E-state index >= 15 is 0 Å². The average molecular weight is 353 g/mol. The highest BCUT2D eigenvalue weighted by Gasteiger charge is 2.23. The zero-order valence-electron chi connectivity index (χ0n) is 14.8. The van der Waals surface area contributed by atoms with Gasteiger partial charge in [0.15, 0.2) is 0 Å². The van der Waals surface area contributed by atoms with E-state index in [0.717, 1.165) is 0 Å². The van der Waals surface area contributed by atoms with E-state index in [9.17, 15) is 19.7 Å². The number of nitrogens with zero attached hydrogens (tertiary/aromatic N) is 1. The number of nitrogens with two attached hydrogens (primary N) is 1. The number of carbonyl (C=O) groups excluding carboxylic acids is 2. The molecule has 0 aliphatic rings. The van der Waals surface area contributed by atoms with E-state index in [-0.39, 0.29) is 30.0 Å². The average Bonchev–Trinajstić information content (AvgIpc) is 2.45.